The van der Waals surface area contributed by atoms with E-state index in [2.05, 4.69) is 27.7 Å². The van der Waals surface area contributed by atoms with Gasteiger partial charge in [0.05, 0.1) is 73.2 Å². The van der Waals surface area contributed by atoms with Crippen LogP contribution in [0.3, 0.4) is 0 Å². The van der Waals surface area contributed by atoms with Crippen LogP contribution in [0.4, 0.5) is 0 Å². The Hall–Kier alpha value is -1.05. The second-order valence-corrected chi connectivity index (χ2v) is 20.5. The lowest BCUT2D eigenvalue weighted by Gasteiger charge is -2.53. The third-order valence-corrected chi connectivity index (χ3v) is 16.8. The van der Waals surface area contributed by atoms with Gasteiger partial charge in [-0.05, 0) is 65.7 Å². The van der Waals surface area contributed by atoms with Crippen LogP contribution >= 0.6 is 0 Å². The lowest BCUT2D eigenvalue weighted by Crippen LogP contribution is -2.63. The molecule has 0 aromatic rings. The maximum absolute atomic E-state index is 12.2. The van der Waals surface area contributed by atoms with Gasteiger partial charge >= 0.3 is 5.97 Å². The van der Waals surface area contributed by atoms with Crippen LogP contribution in [-0.4, -0.2) is 145 Å². The van der Waals surface area contributed by atoms with Gasteiger partial charge in [0.2, 0.25) is 0 Å². The summed E-state index contributed by atoms with van der Waals surface area (Å²) >= 11 is 0. The van der Waals surface area contributed by atoms with Crippen molar-refractivity contribution >= 4 is 5.97 Å². The molecule has 0 saturated carbocycles. The van der Waals surface area contributed by atoms with E-state index in [9.17, 15) is 20.1 Å². The molecule has 7 rings (SSSR count). The second kappa shape index (κ2) is 18.0. The predicted octanol–water partition coefficient (Wildman–Crippen LogP) is 5.43. The van der Waals surface area contributed by atoms with Crippen molar-refractivity contribution in [3.8, 4) is 0 Å². The smallest absolute Gasteiger partial charge is 0.311 e. The molecule has 7 fully saturated rings. The van der Waals surface area contributed by atoms with Crippen LogP contribution in [-0.2, 0) is 56.9 Å². The number of rotatable bonds is 12. The van der Waals surface area contributed by atoms with E-state index in [0.29, 0.717) is 19.3 Å². The highest BCUT2D eigenvalue weighted by Gasteiger charge is 2.69. The maximum Gasteiger partial charge on any atom is 0.311 e. The summed E-state index contributed by atoms with van der Waals surface area (Å²) in [6.45, 7) is 19.5. The van der Waals surface area contributed by atoms with Gasteiger partial charge in [-0.15, -0.1) is 0 Å². The Kier molecular flexibility index (Phi) is 14.1. The molecule has 0 aromatic heterocycles. The van der Waals surface area contributed by atoms with Gasteiger partial charge in [-0.25, -0.2) is 0 Å². The Balaban J connectivity index is 1.14. The second-order valence-electron chi connectivity index (χ2n) is 20.5. The SMILES string of the molecule is CO[C@@H]1[C@H](C)C(CC2C[C@@H](OC)C(C)C3(O2)O[C@](C)([C@H]2CC[C@@H]([C@H]4CC[C@H](C5O[C@](C)(O)[C@H](C)C[C@@H]5C)O4)O2)[C@@H](O[C@H]2C[C@H](OC)[C@@H](C)O2)[C@H]3C)O[C@](O)([C@@H](C)C(=O)O)[C@H]1C. The lowest BCUT2D eigenvalue weighted by molar-refractivity contribution is -0.364. The van der Waals surface area contributed by atoms with Gasteiger partial charge in [-0.1, -0.05) is 41.5 Å². The van der Waals surface area contributed by atoms with Crippen LogP contribution in [0.1, 0.15) is 121 Å². The molecule has 15 heteroatoms. The zero-order chi connectivity index (χ0) is 44.6. The highest BCUT2D eigenvalue weighted by molar-refractivity contribution is 5.70. The van der Waals surface area contributed by atoms with Crippen molar-refractivity contribution in [3.63, 3.8) is 0 Å². The molecule has 7 heterocycles. The zero-order valence-corrected chi connectivity index (χ0v) is 38.9. The largest absolute Gasteiger partial charge is 0.481 e. The number of methoxy groups -OCH3 is 3. The number of aliphatic hydroxyl groups is 2. The first-order chi connectivity index (χ1) is 28.6. The lowest BCUT2D eigenvalue weighted by atomic mass is 9.74. The molecule has 61 heavy (non-hydrogen) atoms. The molecule has 0 aromatic carbocycles. The van der Waals surface area contributed by atoms with Crippen LogP contribution in [0.25, 0.3) is 0 Å². The summed E-state index contributed by atoms with van der Waals surface area (Å²) in [6.07, 6.45) is 1.37. The topological polar surface area (TPSA) is 179 Å². The van der Waals surface area contributed by atoms with E-state index in [1.807, 2.05) is 20.8 Å². The van der Waals surface area contributed by atoms with Gasteiger partial charge in [-0.3, -0.25) is 4.79 Å². The number of carboxylic acids is 1. The molecule has 0 amide bonds. The molecular weight excluding hydrogens is 792 g/mol. The van der Waals surface area contributed by atoms with Crippen LogP contribution in [0, 0.1) is 41.4 Å². The number of hydrogen-bond acceptors (Lipinski definition) is 14. The van der Waals surface area contributed by atoms with Crippen molar-refractivity contribution in [1.29, 1.82) is 0 Å². The first-order valence-corrected chi connectivity index (χ1v) is 23.2. The molecule has 15 nitrogen and oxygen atoms in total. The van der Waals surface area contributed by atoms with E-state index in [1.54, 1.807) is 35.2 Å². The molecule has 3 N–H and O–H groups in total. The standard InChI is InChI=1S/C46H78O15/c1-22-18-23(2)44(10,49)60-39(22)33-15-14-31(55-33)32-16-17-37(56-32)43(9)41(57-38-21-36(52-12)29(8)54-38)27(6)46(61-43)25(4)35(51-11)20-30(58-46)19-34-24(3)40(53-13)26(5)45(50,59-34)28(7)42(47)48/h22-41,49-50H,14-21H2,1-13H3,(H,47,48)/t22-,23+,24+,25?,26-,27+,28-,29+,30?,31+,32-,33+,34?,35+,36-,37+,38-,39?,40+,41-,43+,44-,45-,46?/m0/s1. The van der Waals surface area contributed by atoms with Gasteiger partial charge in [0, 0.05) is 70.2 Å². The molecule has 7 aliphatic rings. The Bertz CT molecular complexity index is 1520. The van der Waals surface area contributed by atoms with Crippen LogP contribution in [0.5, 0.6) is 0 Å². The average Bonchev–Trinajstić information content (AvgIpc) is 4.01. The zero-order valence-electron chi connectivity index (χ0n) is 38.9. The molecule has 24 atom stereocenters. The van der Waals surface area contributed by atoms with E-state index in [0.717, 1.165) is 32.1 Å². The fraction of sp³-hybridized carbons (Fsp3) is 0.978. The van der Waals surface area contributed by atoms with E-state index in [1.165, 1.54) is 6.92 Å². The quantitative estimate of drug-likeness (QED) is 0.226. The van der Waals surface area contributed by atoms with E-state index < -0.39 is 71.5 Å². The molecule has 1 spiro atoms. The van der Waals surface area contributed by atoms with E-state index in [4.69, 9.17) is 52.1 Å². The average molecular weight is 871 g/mol. The fourth-order valence-corrected chi connectivity index (χ4v) is 12.6. The van der Waals surface area contributed by atoms with Gasteiger partial charge < -0.3 is 67.4 Å². The Morgan fingerprint density at radius 2 is 1.41 bits per heavy atom. The van der Waals surface area contributed by atoms with Crippen LogP contribution < -0.4 is 0 Å². The molecule has 5 unspecified atom stereocenters. The summed E-state index contributed by atoms with van der Waals surface area (Å²) in [5.74, 6) is -7.76. The number of hydrogen-bond donors (Lipinski definition) is 3. The third kappa shape index (κ3) is 8.50. The van der Waals surface area contributed by atoms with Crippen molar-refractivity contribution in [2.24, 2.45) is 41.4 Å². The van der Waals surface area contributed by atoms with E-state index in [-0.39, 0.29) is 78.4 Å². The number of aliphatic carboxylic acids is 1. The van der Waals surface area contributed by atoms with Crippen molar-refractivity contribution in [2.75, 3.05) is 21.3 Å². The third-order valence-electron chi connectivity index (χ3n) is 16.8. The molecule has 0 radical (unpaired) electrons. The molecular formula is C46H78O15. The van der Waals surface area contributed by atoms with Crippen molar-refractivity contribution < 1.29 is 72.2 Å². The summed E-state index contributed by atoms with van der Waals surface area (Å²) in [6, 6.07) is 0. The minimum Gasteiger partial charge on any atom is -0.481 e. The molecule has 7 saturated heterocycles. The normalized spacial score (nSPS) is 54.7. The monoisotopic (exact) mass is 871 g/mol. The van der Waals surface area contributed by atoms with Crippen LogP contribution in [0.2, 0.25) is 0 Å². The number of carboxylic acid groups (broad SMARTS) is 1. The Morgan fingerprint density at radius 3 is 2.05 bits per heavy atom. The summed E-state index contributed by atoms with van der Waals surface area (Å²) < 4.78 is 72.6. The van der Waals surface area contributed by atoms with Crippen molar-refractivity contribution in [1.82, 2.24) is 0 Å². The highest BCUT2D eigenvalue weighted by atomic mass is 16.8. The van der Waals surface area contributed by atoms with Gasteiger partial charge in [0.1, 0.15) is 11.5 Å². The van der Waals surface area contributed by atoms with E-state index >= 15 is 0 Å². The van der Waals surface area contributed by atoms with Crippen molar-refractivity contribution in [2.45, 2.75) is 223 Å². The highest BCUT2D eigenvalue weighted by Crippen LogP contribution is 2.57. The maximum atomic E-state index is 12.2. The summed E-state index contributed by atoms with van der Waals surface area (Å²) in [5, 5.41) is 32.9. The first-order valence-electron chi connectivity index (χ1n) is 23.2. The van der Waals surface area contributed by atoms with Gasteiger partial charge in [0.15, 0.2) is 23.7 Å². The minimum atomic E-state index is -1.96. The Labute approximate surface area is 363 Å². The fourth-order valence-electron chi connectivity index (χ4n) is 12.6. The molecule has 352 valence electrons. The summed E-state index contributed by atoms with van der Waals surface area (Å²) in [7, 11) is 4.99. The minimum absolute atomic E-state index is 0.0371. The van der Waals surface area contributed by atoms with Crippen molar-refractivity contribution in [3.05, 3.63) is 0 Å². The number of carbonyl (C=O) groups is 1. The Morgan fingerprint density at radius 1 is 0.754 bits per heavy atom. The van der Waals surface area contributed by atoms with Gasteiger partial charge in [0.25, 0.3) is 0 Å². The summed E-state index contributed by atoms with van der Waals surface area (Å²) in [5.41, 5.74) is -0.989. The molecule has 0 bridgehead atoms. The predicted molar refractivity (Wildman–Crippen MR) is 220 cm³/mol. The number of ether oxygens (including phenoxy) is 11. The molecule has 0 aliphatic carbocycles. The summed E-state index contributed by atoms with van der Waals surface area (Å²) in [4.78, 5) is 12.2. The first kappa shape index (κ1) is 47.9. The molecule has 7 aliphatic heterocycles. The van der Waals surface area contributed by atoms with Gasteiger partial charge in [-0.2, -0.15) is 0 Å². The van der Waals surface area contributed by atoms with Crippen LogP contribution in [0.15, 0.2) is 0 Å².